The number of hydrogen-bond donors (Lipinski definition) is 0. The van der Waals surface area contributed by atoms with E-state index in [0.717, 1.165) is 70.4 Å². The van der Waals surface area contributed by atoms with Crippen LogP contribution in [-0.4, -0.2) is 61.0 Å². The molecule has 2 aromatic carbocycles. The molecule has 3 heterocycles. The first-order valence-corrected chi connectivity index (χ1v) is 19.6. The Labute approximate surface area is 295 Å². The van der Waals surface area contributed by atoms with Crippen molar-refractivity contribution in [2.24, 2.45) is 0 Å². The largest absolute Gasteiger partial charge is 0.478 e. The molecule has 0 saturated carbocycles. The number of unbranched alkanes of at least 4 members (excludes halogenated alkanes) is 13. The molecular weight excluding hydrogens is 608 g/mol. The minimum Gasteiger partial charge on any atom is -0.478 e. The van der Waals surface area contributed by atoms with E-state index in [-0.39, 0.29) is 11.8 Å². The first-order valence-electron chi connectivity index (χ1n) is 19.6. The number of anilines is 2. The summed E-state index contributed by atoms with van der Waals surface area (Å²) in [7, 11) is 0. The molecule has 0 unspecified atom stereocenters. The fourth-order valence-corrected chi connectivity index (χ4v) is 7.37. The van der Waals surface area contributed by atoms with Gasteiger partial charge in [-0.15, -0.1) is 0 Å². The van der Waals surface area contributed by atoms with Gasteiger partial charge in [-0.3, -0.25) is 14.5 Å². The molecule has 2 amide bonds. The summed E-state index contributed by atoms with van der Waals surface area (Å²) in [5.41, 5.74) is 2.29. The van der Waals surface area contributed by atoms with Crippen LogP contribution in [0.5, 0.6) is 5.88 Å². The number of nitrogens with zero attached hydrogens (tertiary/aromatic N) is 4. The van der Waals surface area contributed by atoms with Crippen molar-refractivity contribution in [2.45, 2.75) is 122 Å². The molecule has 2 aliphatic rings. The van der Waals surface area contributed by atoms with Crippen molar-refractivity contribution < 1.29 is 14.3 Å². The Balaban J connectivity index is 0.963. The predicted octanol–water partition coefficient (Wildman–Crippen LogP) is 9.50. The van der Waals surface area contributed by atoms with Crippen LogP contribution in [0.3, 0.4) is 0 Å². The molecule has 1 saturated heterocycles. The van der Waals surface area contributed by atoms with Gasteiger partial charge in [0.1, 0.15) is 5.82 Å². The van der Waals surface area contributed by atoms with E-state index < -0.39 is 0 Å². The maximum atomic E-state index is 13.2. The molecule has 0 spiro atoms. The number of piperazine rings is 1. The molecule has 0 N–H and O–H groups in total. The molecule has 1 aromatic heterocycles. The monoisotopic (exact) mass is 668 g/mol. The molecule has 3 aromatic rings. The number of amides is 2. The highest BCUT2D eigenvalue weighted by Gasteiger charge is 2.31. The Morgan fingerprint density at radius 1 is 0.714 bits per heavy atom. The van der Waals surface area contributed by atoms with Crippen molar-refractivity contribution in [3.63, 3.8) is 0 Å². The van der Waals surface area contributed by atoms with Crippen LogP contribution >= 0.6 is 0 Å². The lowest BCUT2D eigenvalue weighted by Gasteiger charge is -2.36. The Kier molecular flexibility index (Phi) is 15.2. The highest BCUT2D eigenvalue weighted by molar-refractivity contribution is 6.15. The first kappa shape index (κ1) is 36.8. The number of carbonyl (C=O) groups excluding carboxylic acids is 2. The van der Waals surface area contributed by atoms with Gasteiger partial charge in [0, 0.05) is 56.2 Å². The molecule has 7 heteroatoms. The molecule has 0 bridgehead atoms. The predicted molar refractivity (Wildman–Crippen MR) is 203 cm³/mol. The summed E-state index contributed by atoms with van der Waals surface area (Å²) in [6.07, 6.45) is 19.8. The van der Waals surface area contributed by atoms with Crippen LogP contribution < -0.4 is 14.5 Å². The molecule has 5 rings (SSSR count). The van der Waals surface area contributed by atoms with Gasteiger partial charge in [0.05, 0.1) is 6.61 Å². The lowest BCUT2D eigenvalue weighted by atomic mass is 10.0. The number of imide groups is 1. The molecule has 7 nitrogen and oxygen atoms in total. The summed E-state index contributed by atoms with van der Waals surface area (Å²) in [5.74, 6) is 0.713. The molecular formula is C42H60N4O3. The van der Waals surface area contributed by atoms with Gasteiger partial charge in [0.2, 0.25) is 17.7 Å². The third kappa shape index (κ3) is 11.3. The van der Waals surface area contributed by atoms with Crippen molar-refractivity contribution >= 4 is 34.1 Å². The number of ether oxygens (including phenoxy) is 1. The van der Waals surface area contributed by atoms with E-state index in [2.05, 4.69) is 64.2 Å². The summed E-state index contributed by atoms with van der Waals surface area (Å²) in [4.78, 5) is 37.1. The summed E-state index contributed by atoms with van der Waals surface area (Å²) in [6.45, 7) is 8.10. The summed E-state index contributed by atoms with van der Waals surface area (Å²) in [6, 6.07) is 19.1. The molecule has 0 radical (unpaired) electrons. The average molecular weight is 669 g/mol. The second-order valence-corrected chi connectivity index (χ2v) is 14.1. The van der Waals surface area contributed by atoms with Gasteiger partial charge >= 0.3 is 0 Å². The standard InChI is InChI=1S/C42H60N4O3/c1-2-3-4-5-6-7-8-9-10-11-12-13-14-24-40(47)46-41(48)28-26-36-25-27-39(43-42(36)46)49-34-18-17-29-44-30-32-45(33-31-44)38-23-19-21-35-20-15-16-22-37(35)38/h15-16,19-23,25,27H,2-14,17-18,24,26,28-34H2,1H3. The molecule has 0 atom stereocenters. The van der Waals surface area contributed by atoms with Crippen LogP contribution in [0.1, 0.15) is 122 Å². The van der Waals surface area contributed by atoms with Gasteiger partial charge < -0.3 is 9.64 Å². The quantitative estimate of drug-likeness (QED) is 0.105. The Morgan fingerprint density at radius 3 is 2.12 bits per heavy atom. The Hall–Kier alpha value is -3.45. The van der Waals surface area contributed by atoms with Crippen LogP contribution in [0.4, 0.5) is 11.5 Å². The van der Waals surface area contributed by atoms with Crippen LogP contribution in [-0.2, 0) is 16.0 Å². The maximum absolute atomic E-state index is 13.2. The molecule has 1 fully saturated rings. The summed E-state index contributed by atoms with van der Waals surface area (Å²) < 4.78 is 6.04. The van der Waals surface area contributed by atoms with E-state index in [9.17, 15) is 9.59 Å². The highest BCUT2D eigenvalue weighted by Crippen LogP contribution is 2.30. The third-order valence-electron chi connectivity index (χ3n) is 10.3. The van der Waals surface area contributed by atoms with E-state index in [1.807, 2.05) is 12.1 Å². The molecule has 0 aliphatic carbocycles. The van der Waals surface area contributed by atoms with E-state index >= 15 is 0 Å². The molecule has 49 heavy (non-hydrogen) atoms. The summed E-state index contributed by atoms with van der Waals surface area (Å²) in [5, 5.41) is 2.63. The van der Waals surface area contributed by atoms with Crippen molar-refractivity contribution in [3.8, 4) is 5.88 Å². The normalized spacial score (nSPS) is 15.2. The van der Waals surface area contributed by atoms with Crippen molar-refractivity contribution in [3.05, 3.63) is 60.2 Å². The van der Waals surface area contributed by atoms with E-state index in [1.54, 1.807) is 0 Å². The second kappa shape index (κ2) is 20.3. The van der Waals surface area contributed by atoms with E-state index in [1.165, 1.54) is 85.6 Å². The fraction of sp³-hybridized carbons (Fsp3) is 0.595. The minimum atomic E-state index is -0.141. The average Bonchev–Trinajstić information content (AvgIpc) is 3.13. The number of aromatic nitrogens is 1. The van der Waals surface area contributed by atoms with Gasteiger partial charge in [-0.05, 0) is 55.3 Å². The highest BCUT2D eigenvalue weighted by atomic mass is 16.5. The SMILES string of the molecule is CCCCCCCCCCCCCCCC(=O)N1C(=O)CCc2ccc(OCCCCN3CCN(c4cccc5ccccc45)CC3)nc21. The number of benzene rings is 2. The maximum Gasteiger partial charge on any atom is 0.235 e. The zero-order valence-electron chi connectivity index (χ0n) is 30.2. The summed E-state index contributed by atoms with van der Waals surface area (Å²) >= 11 is 0. The number of carbonyl (C=O) groups is 2. The van der Waals surface area contributed by atoms with Gasteiger partial charge in [-0.1, -0.05) is 120 Å². The fourth-order valence-electron chi connectivity index (χ4n) is 7.37. The van der Waals surface area contributed by atoms with Crippen molar-refractivity contribution in [1.29, 1.82) is 0 Å². The molecule has 2 aliphatic heterocycles. The number of rotatable bonds is 21. The Morgan fingerprint density at radius 2 is 1.39 bits per heavy atom. The second-order valence-electron chi connectivity index (χ2n) is 14.1. The third-order valence-corrected chi connectivity index (χ3v) is 10.3. The number of pyridine rings is 1. The topological polar surface area (TPSA) is 66.0 Å². The minimum absolute atomic E-state index is 0.126. The van der Waals surface area contributed by atoms with Gasteiger partial charge in [-0.25, -0.2) is 4.90 Å². The zero-order valence-corrected chi connectivity index (χ0v) is 30.2. The van der Waals surface area contributed by atoms with Gasteiger partial charge in [0.25, 0.3) is 0 Å². The number of hydrogen-bond acceptors (Lipinski definition) is 6. The number of aryl methyl sites for hydroxylation is 1. The van der Waals surface area contributed by atoms with Crippen LogP contribution in [0, 0.1) is 0 Å². The van der Waals surface area contributed by atoms with Crippen molar-refractivity contribution in [2.75, 3.05) is 49.1 Å². The van der Waals surface area contributed by atoms with Crippen LogP contribution in [0.25, 0.3) is 10.8 Å². The zero-order chi connectivity index (χ0) is 34.1. The lowest BCUT2D eigenvalue weighted by Crippen LogP contribution is -2.46. The van der Waals surface area contributed by atoms with Crippen molar-refractivity contribution in [1.82, 2.24) is 9.88 Å². The van der Waals surface area contributed by atoms with E-state index in [4.69, 9.17) is 4.74 Å². The Bertz CT molecular complexity index is 1450. The number of fused-ring (bicyclic) bond motifs is 2. The molecule has 266 valence electrons. The smallest absolute Gasteiger partial charge is 0.235 e. The van der Waals surface area contributed by atoms with Crippen LogP contribution in [0.2, 0.25) is 0 Å². The first-order chi connectivity index (χ1) is 24.1. The van der Waals surface area contributed by atoms with Gasteiger partial charge in [0.15, 0.2) is 0 Å². The van der Waals surface area contributed by atoms with E-state index in [0.29, 0.717) is 37.6 Å². The van der Waals surface area contributed by atoms with Crippen LogP contribution in [0.15, 0.2) is 54.6 Å². The lowest BCUT2D eigenvalue weighted by molar-refractivity contribution is -0.127. The van der Waals surface area contributed by atoms with Gasteiger partial charge in [-0.2, -0.15) is 4.98 Å².